The number of hydrogen-bond acceptors (Lipinski definition) is 5. The van der Waals surface area contributed by atoms with Crippen molar-refractivity contribution in [2.45, 2.75) is 6.54 Å². The third kappa shape index (κ3) is 3.35. The Morgan fingerprint density at radius 2 is 2.14 bits per heavy atom. The first-order valence-electron chi connectivity index (χ1n) is 6.05. The Morgan fingerprint density at radius 3 is 2.81 bits per heavy atom. The van der Waals surface area contributed by atoms with Crippen LogP contribution in [-0.4, -0.2) is 17.1 Å². The van der Waals surface area contributed by atoms with Gasteiger partial charge in [0.2, 0.25) is 0 Å². The minimum atomic E-state index is -0.545. The van der Waals surface area contributed by atoms with Crippen molar-refractivity contribution >= 4 is 23.0 Å². The number of halogens is 1. The van der Waals surface area contributed by atoms with Crippen molar-refractivity contribution in [1.82, 2.24) is 0 Å². The second-order valence-electron chi connectivity index (χ2n) is 4.24. The maximum atomic E-state index is 10.8. The number of aromatic hydroxyl groups is 1. The maximum absolute atomic E-state index is 10.8. The molecule has 0 amide bonds. The van der Waals surface area contributed by atoms with Gasteiger partial charge in [0.15, 0.2) is 11.5 Å². The Balaban J connectivity index is 2.17. The summed E-state index contributed by atoms with van der Waals surface area (Å²) in [6, 6.07) is 9.56. The van der Waals surface area contributed by atoms with Gasteiger partial charge in [-0.1, -0.05) is 23.7 Å². The van der Waals surface area contributed by atoms with E-state index in [-0.39, 0.29) is 16.5 Å². The van der Waals surface area contributed by atoms with Crippen molar-refractivity contribution in [2.24, 2.45) is 0 Å². The van der Waals surface area contributed by atoms with Gasteiger partial charge in [0.25, 0.3) is 5.69 Å². The number of phenols is 1. The summed E-state index contributed by atoms with van der Waals surface area (Å²) in [5.41, 5.74) is 0.983. The number of nitrogens with zero attached hydrogens (tertiary/aromatic N) is 1. The summed E-state index contributed by atoms with van der Waals surface area (Å²) in [7, 11) is 1.47. The summed E-state index contributed by atoms with van der Waals surface area (Å²) in [5, 5.41) is 23.9. The van der Waals surface area contributed by atoms with Crippen LogP contribution in [0.25, 0.3) is 0 Å². The van der Waals surface area contributed by atoms with Crippen LogP contribution in [0.3, 0.4) is 0 Å². The Bertz CT molecular complexity index is 676. The molecule has 0 bridgehead atoms. The fourth-order valence-electron chi connectivity index (χ4n) is 1.83. The smallest absolute Gasteiger partial charge is 0.289 e. The molecule has 0 aliphatic rings. The molecule has 2 aromatic carbocycles. The molecule has 110 valence electrons. The Kier molecular flexibility index (Phi) is 4.49. The van der Waals surface area contributed by atoms with Crippen LogP contribution in [0, 0.1) is 10.1 Å². The number of methoxy groups -OCH3 is 1. The van der Waals surface area contributed by atoms with Gasteiger partial charge in [-0.3, -0.25) is 10.1 Å². The van der Waals surface area contributed by atoms with E-state index in [1.165, 1.54) is 19.2 Å². The summed E-state index contributed by atoms with van der Waals surface area (Å²) in [5.74, 6) is 0.410. The first kappa shape index (κ1) is 14.9. The molecule has 2 aromatic rings. The molecule has 0 fully saturated rings. The molecule has 21 heavy (non-hydrogen) atoms. The lowest BCUT2D eigenvalue weighted by atomic mass is 10.1. The van der Waals surface area contributed by atoms with Crippen LogP contribution < -0.4 is 10.1 Å². The van der Waals surface area contributed by atoms with Gasteiger partial charge >= 0.3 is 0 Å². The average molecular weight is 309 g/mol. The highest BCUT2D eigenvalue weighted by molar-refractivity contribution is 6.32. The summed E-state index contributed by atoms with van der Waals surface area (Å²) >= 11 is 5.75. The highest BCUT2D eigenvalue weighted by Crippen LogP contribution is 2.31. The molecule has 0 aliphatic carbocycles. The molecule has 0 saturated carbocycles. The van der Waals surface area contributed by atoms with Crippen molar-refractivity contribution in [3.05, 3.63) is 57.1 Å². The van der Waals surface area contributed by atoms with Crippen LogP contribution in [-0.2, 0) is 6.54 Å². The van der Waals surface area contributed by atoms with E-state index < -0.39 is 4.92 Å². The third-order valence-electron chi connectivity index (χ3n) is 2.93. The number of benzene rings is 2. The molecule has 0 radical (unpaired) electrons. The van der Waals surface area contributed by atoms with E-state index in [1.807, 2.05) is 0 Å². The fourth-order valence-corrected chi connectivity index (χ4v) is 2.02. The van der Waals surface area contributed by atoms with E-state index in [0.29, 0.717) is 23.5 Å². The predicted molar refractivity (Wildman–Crippen MR) is 80.1 cm³/mol. The lowest BCUT2D eigenvalue weighted by Gasteiger charge is -2.10. The standard InChI is InChI=1S/C14H13ClN2O4/c1-21-13-4-2-3-9(14(13)18)8-16-10-5-6-11(15)12(7-10)17(19)20/h2-7,16,18H,8H2,1H3. The average Bonchev–Trinajstić information content (AvgIpc) is 2.47. The monoisotopic (exact) mass is 308 g/mol. The van der Waals surface area contributed by atoms with Gasteiger partial charge in [0, 0.05) is 23.9 Å². The summed E-state index contributed by atoms with van der Waals surface area (Å²) in [6.45, 7) is 0.293. The van der Waals surface area contributed by atoms with E-state index in [1.54, 1.807) is 24.3 Å². The molecular formula is C14H13ClN2O4. The van der Waals surface area contributed by atoms with Gasteiger partial charge in [-0.15, -0.1) is 0 Å². The van der Waals surface area contributed by atoms with E-state index >= 15 is 0 Å². The second kappa shape index (κ2) is 6.32. The van der Waals surface area contributed by atoms with E-state index in [0.717, 1.165) is 0 Å². The summed E-state index contributed by atoms with van der Waals surface area (Å²) in [4.78, 5) is 10.3. The van der Waals surface area contributed by atoms with Gasteiger partial charge in [0.05, 0.1) is 12.0 Å². The van der Waals surface area contributed by atoms with Crippen LogP contribution in [0.2, 0.25) is 5.02 Å². The summed E-state index contributed by atoms with van der Waals surface area (Å²) < 4.78 is 5.02. The van der Waals surface area contributed by atoms with E-state index in [2.05, 4.69) is 5.32 Å². The number of hydrogen-bond donors (Lipinski definition) is 2. The van der Waals surface area contributed by atoms with Crippen molar-refractivity contribution < 1.29 is 14.8 Å². The quantitative estimate of drug-likeness (QED) is 0.651. The number of nitro benzene ring substituents is 1. The SMILES string of the molecule is COc1cccc(CNc2ccc(Cl)c([N+](=O)[O-])c2)c1O. The van der Waals surface area contributed by atoms with Gasteiger partial charge < -0.3 is 15.2 Å². The lowest BCUT2D eigenvalue weighted by molar-refractivity contribution is -0.384. The molecule has 0 saturated heterocycles. The van der Waals surface area contributed by atoms with Gasteiger partial charge in [-0.2, -0.15) is 0 Å². The number of ether oxygens (including phenoxy) is 1. The zero-order valence-electron chi connectivity index (χ0n) is 11.2. The zero-order chi connectivity index (χ0) is 15.4. The molecule has 0 aliphatic heterocycles. The maximum Gasteiger partial charge on any atom is 0.289 e. The molecule has 0 aromatic heterocycles. The topological polar surface area (TPSA) is 84.6 Å². The fraction of sp³-hybridized carbons (Fsp3) is 0.143. The minimum Gasteiger partial charge on any atom is -0.504 e. The van der Waals surface area contributed by atoms with Crippen LogP contribution in [0.15, 0.2) is 36.4 Å². The largest absolute Gasteiger partial charge is 0.504 e. The van der Waals surface area contributed by atoms with Gasteiger partial charge in [-0.05, 0) is 18.2 Å². The zero-order valence-corrected chi connectivity index (χ0v) is 11.9. The van der Waals surface area contributed by atoms with Crippen molar-refractivity contribution in [3.8, 4) is 11.5 Å². The minimum absolute atomic E-state index is 0.0379. The normalized spacial score (nSPS) is 10.2. The molecule has 0 heterocycles. The van der Waals surface area contributed by atoms with Gasteiger partial charge in [0.1, 0.15) is 5.02 Å². The third-order valence-corrected chi connectivity index (χ3v) is 3.25. The molecule has 0 unspecified atom stereocenters. The molecule has 0 spiro atoms. The number of nitrogens with one attached hydrogen (secondary N) is 1. The van der Waals surface area contributed by atoms with Crippen LogP contribution in [0.5, 0.6) is 11.5 Å². The molecule has 6 nitrogen and oxygen atoms in total. The van der Waals surface area contributed by atoms with Gasteiger partial charge in [-0.25, -0.2) is 0 Å². The molecule has 7 heteroatoms. The molecule has 2 N–H and O–H groups in total. The predicted octanol–water partition coefficient (Wildman–Crippen LogP) is 3.57. The highest BCUT2D eigenvalue weighted by atomic mass is 35.5. The first-order valence-corrected chi connectivity index (χ1v) is 6.43. The number of anilines is 1. The van der Waals surface area contributed by atoms with Crippen LogP contribution in [0.4, 0.5) is 11.4 Å². The van der Waals surface area contributed by atoms with Crippen molar-refractivity contribution in [1.29, 1.82) is 0 Å². The Hall–Kier alpha value is -2.47. The van der Waals surface area contributed by atoms with Crippen molar-refractivity contribution in [2.75, 3.05) is 12.4 Å². The Morgan fingerprint density at radius 1 is 1.38 bits per heavy atom. The highest BCUT2D eigenvalue weighted by Gasteiger charge is 2.13. The van der Waals surface area contributed by atoms with Crippen LogP contribution in [0.1, 0.15) is 5.56 Å². The van der Waals surface area contributed by atoms with Crippen LogP contribution >= 0.6 is 11.6 Å². The molecule has 2 rings (SSSR count). The summed E-state index contributed by atoms with van der Waals surface area (Å²) in [6.07, 6.45) is 0. The lowest BCUT2D eigenvalue weighted by Crippen LogP contribution is -2.01. The number of nitro groups is 1. The number of phenolic OH excluding ortho intramolecular Hbond substituents is 1. The second-order valence-corrected chi connectivity index (χ2v) is 4.65. The molecule has 0 atom stereocenters. The molecular weight excluding hydrogens is 296 g/mol. The number of rotatable bonds is 5. The Labute approximate surface area is 126 Å². The van der Waals surface area contributed by atoms with E-state index in [4.69, 9.17) is 16.3 Å². The number of para-hydroxylation sites is 1. The van der Waals surface area contributed by atoms with E-state index in [9.17, 15) is 15.2 Å². The first-order chi connectivity index (χ1) is 10.0. The van der Waals surface area contributed by atoms with Crippen molar-refractivity contribution in [3.63, 3.8) is 0 Å².